The van der Waals surface area contributed by atoms with Crippen LogP contribution < -0.4 is 11.8 Å². The van der Waals surface area contributed by atoms with E-state index in [2.05, 4.69) is 15.6 Å². The Balaban J connectivity index is 3.45. The van der Waals surface area contributed by atoms with Gasteiger partial charge in [0.05, 0.1) is 5.92 Å². The summed E-state index contributed by atoms with van der Waals surface area (Å²) in [6.07, 6.45) is 2.26. The van der Waals surface area contributed by atoms with Crippen LogP contribution in [0.15, 0.2) is 0 Å². The Morgan fingerprint density at radius 3 is 2.36 bits per heavy atom. The second-order valence-electron chi connectivity index (χ2n) is 3.07. The molecular weight excluding hydrogens is 188 g/mol. The lowest BCUT2D eigenvalue weighted by Gasteiger charge is -2.06. The summed E-state index contributed by atoms with van der Waals surface area (Å²) in [6, 6.07) is 0. The average molecular weight is 204 g/mol. The van der Waals surface area contributed by atoms with Crippen molar-refractivity contribution in [3.05, 3.63) is 0 Å². The van der Waals surface area contributed by atoms with Gasteiger partial charge >= 0.3 is 11.9 Å². The van der Waals surface area contributed by atoms with E-state index >= 15 is 0 Å². The number of unbranched alkanes of at least 4 members (excludes halogenated alkanes) is 1. The van der Waals surface area contributed by atoms with Gasteiger partial charge in [0.2, 0.25) is 0 Å². The number of carbonyl (C=O) groups is 2. The summed E-state index contributed by atoms with van der Waals surface area (Å²) in [7, 11) is 0. The van der Waals surface area contributed by atoms with Crippen molar-refractivity contribution in [3.8, 4) is 0 Å². The molecule has 0 saturated heterocycles. The molecule has 0 spiro atoms. The molecular formula is C8H16N2O4. The zero-order chi connectivity index (χ0) is 11.0. The quantitative estimate of drug-likeness (QED) is 0.466. The normalized spacial score (nSPS) is 11.9. The van der Waals surface area contributed by atoms with Crippen LogP contribution in [0.1, 0.15) is 32.6 Å². The first-order valence-electron chi connectivity index (χ1n) is 4.42. The molecule has 0 aromatic carbocycles. The minimum atomic E-state index is -0.445. The minimum Gasteiger partial charge on any atom is -0.373 e. The molecule has 0 fully saturated rings. The first-order chi connectivity index (χ1) is 6.61. The van der Waals surface area contributed by atoms with Gasteiger partial charge < -0.3 is 9.68 Å². The van der Waals surface area contributed by atoms with Gasteiger partial charge in [0.25, 0.3) is 0 Å². The predicted octanol–water partition coefficient (Wildman–Crippen LogP) is 0.0167. The van der Waals surface area contributed by atoms with Gasteiger partial charge in [0.15, 0.2) is 0 Å². The Hall–Kier alpha value is -1.14. The second kappa shape index (κ2) is 7.28. The summed E-state index contributed by atoms with van der Waals surface area (Å²) in [4.78, 5) is 29.5. The summed E-state index contributed by atoms with van der Waals surface area (Å²) >= 11 is 0. The third-order valence-corrected chi connectivity index (χ3v) is 1.92. The van der Waals surface area contributed by atoms with E-state index in [9.17, 15) is 9.59 Å². The van der Waals surface area contributed by atoms with Crippen molar-refractivity contribution in [2.24, 2.45) is 17.7 Å². The largest absolute Gasteiger partial charge is 0.373 e. The van der Waals surface area contributed by atoms with E-state index in [1.807, 2.05) is 0 Å². The molecule has 6 heteroatoms. The number of carbonyl (C=O) groups excluding carboxylic acids is 2. The molecule has 0 aliphatic heterocycles. The molecule has 0 rings (SSSR count). The molecule has 1 atom stereocenters. The van der Waals surface area contributed by atoms with Crippen LogP contribution in [-0.4, -0.2) is 11.9 Å². The fraction of sp³-hybridized carbons (Fsp3) is 0.750. The lowest BCUT2D eigenvalue weighted by atomic mass is 10.0. The van der Waals surface area contributed by atoms with E-state index in [1.54, 1.807) is 6.92 Å². The lowest BCUT2D eigenvalue weighted by molar-refractivity contribution is -0.148. The molecule has 0 heterocycles. The van der Waals surface area contributed by atoms with Crippen molar-refractivity contribution in [1.29, 1.82) is 0 Å². The Kier molecular flexibility index (Phi) is 6.69. The smallest absolute Gasteiger partial charge is 0.327 e. The predicted molar refractivity (Wildman–Crippen MR) is 48.2 cm³/mol. The van der Waals surface area contributed by atoms with Crippen molar-refractivity contribution in [2.75, 3.05) is 0 Å². The van der Waals surface area contributed by atoms with Crippen molar-refractivity contribution in [1.82, 2.24) is 0 Å². The third kappa shape index (κ3) is 5.50. The standard InChI is InChI=1S/C8H16N2O4/c1-6(8(12)14-10)4-2-3-5-7(11)13-9/h6H,2-5,9-10H2,1H3. The van der Waals surface area contributed by atoms with Crippen molar-refractivity contribution < 1.29 is 19.3 Å². The van der Waals surface area contributed by atoms with Crippen LogP contribution in [0.3, 0.4) is 0 Å². The third-order valence-electron chi connectivity index (χ3n) is 1.92. The molecule has 4 N–H and O–H groups in total. The van der Waals surface area contributed by atoms with Gasteiger partial charge in [-0.3, -0.25) is 9.59 Å². The van der Waals surface area contributed by atoms with Crippen molar-refractivity contribution in [2.45, 2.75) is 32.6 Å². The topological polar surface area (TPSA) is 105 Å². The highest BCUT2D eigenvalue weighted by atomic mass is 16.7. The van der Waals surface area contributed by atoms with Crippen LogP contribution in [0.2, 0.25) is 0 Å². The molecule has 0 saturated carbocycles. The van der Waals surface area contributed by atoms with Crippen LogP contribution in [0.25, 0.3) is 0 Å². The van der Waals surface area contributed by atoms with Crippen LogP contribution in [-0.2, 0) is 19.3 Å². The molecule has 6 nitrogen and oxygen atoms in total. The highest BCUT2D eigenvalue weighted by Gasteiger charge is 2.13. The second-order valence-corrected chi connectivity index (χ2v) is 3.07. The van der Waals surface area contributed by atoms with Crippen molar-refractivity contribution in [3.63, 3.8) is 0 Å². The van der Waals surface area contributed by atoms with Crippen LogP contribution in [0.5, 0.6) is 0 Å². The summed E-state index contributed by atoms with van der Waals surface area (Å²) in [5.41, 5.74) is 0. The lowest BCUT2D eigenvalue weighted by Crippen LogP contribution is -2.18. The van der Waals surface area contributed by atoms with E-state index in [0.717, 1.165) is 6.42 Å². The zero-order valence-corrected chi connectivity index (χ0v) is 8.19. The molecule has 0 aromatic rings. The van der Waals surface area contributed by atoms with E-state index in [-0.39, 0.29) is 12.3 Å². The molecule has 0 radical (unpaired) electrons. The van der Waals surface area contributed by atoms with Gasteiger partial charge in [0.1, 0.15) is 0 Å². The SMILES string of the molecule is CC(CCCCC(=O)ON)C(=O)ON. The van der Waals surface area contributed by atoms with Gasteiger partial charge in [-0.15, -0.1) is 0 Å². The summed E-state index contributed by atoms with van der Waals surface area (Å²) in [6.45, 7) is 1.72. The maximum Gasteiger partial charge on any atom is 0.327 e. The summed E-state index contributed by atoms with van der Waals surface area (Å²) < 4.78 is 0. The Labute approximate surface area is 82.4 Å². The van der Waals surface area contributed by atoms with Crippen LogP contribution >= 0.6 is 0 Å². The first kappa shape index (κ1) is 12.9. The molecule has 82 valence electrons. The van der Waals surface area contributed by atoms with Gasteiger partial charge in [-0.05, 0) is 12.8 Å². The van der Waals surface area contributed by atoms with E-state index in [0.29, 0.717) is 12.8 Å². The Morgan fingerprint density at radius 2 is 1.86 bits per heavy atom. The molecule has 0 aliphatic rings. The van der Waals surface area contributed by atoms with E-state index < -0.39 is 11.9 Å². The molecule has 1 unspecified atom stereocenters. The maximum atomic E-state index is 10.8. The maximum absolute atomic E-state index is 10.8. The number of hydrogen-bond acceptors (Lipinski definition) is 6. The highest BCUT2D eigenvalue weighted by molar-refractivity contribution is 5.71. The Bertz CT molecular complexity index is 196. The molecule has 0 aromatic heterocycles. The van der Waals surface area contributed by atoms with E-state index in [4.69, 9.17) is 5.90 Å². The molecule has 0 aliphatic carbocycles. The van der Waals surface area contributed by atoms with Gasteiger partial charge in [-0.1, -0.05) is 13.3 Å². The highest BCUT2D eigenvalue weighted by Crippen LogP contribution is 2.10. The first-order valence-corrected chi connectivity index (χ1v) is 4.42. The van der Waals surface area contributed by atoms with E-state index in [1.165, 1.54) is 0 Å². The molecule has 14 heavy (non-hydrogen) atoms. The number of rotatable bonds is 6. The van der Waals surface area contributed by atoms with Gasteiger partial charge in [0, 0.05) is 6.42 Å². The monoisotopic (exact) mass is 204 g/mol. The van der Waals surface area contributed by atoms with Gasteiger partial charge in [-0.2, -0.15) is 11.8 Å². The van der Waals surface area contributed by atoms with Gasteiger partial charge in [-0.25, -0.2) is 0 Å². The van der Waals surface area contributed by atoms with Crippen LogP contribution in [0.4, 0.5) is 0 Å². The molecule has 0 bridgehead atoms. The zero-order valence-electron chi connectivity index (χ0n) is 8.19. The summed E-state index contributed by atoms with van der Waals surface area (Å²) in [5.74, 6) is 8.22. The molecule has 0 amide bonds. The fourth-order valence-corrected chi connectivity index (χ4v) is 1.01. The fourth-order valence-electron chi connectivity index (χ4n) is 1.01. The van der Waals surface area contributed by atoms with Crippen LogP contribution in [0, 0.1) is 5.92 Å². The Morgan fingerprint density at radius 1 is 1.21 bits per heavy atom. The number of hydrogen-bond donors (Lipinski definition) is 2. The number of nitrogens with two attached hydrogens (primary N) is 2. The van der Waals surface area contributed by atoms with Crippen molar-refractivity contribution >= 4 is 11.9 Å². The summed E-state index contributed by atoms with van der Waals surface area (Å²) in [5, 5.41) is 0. The minimum absolute atomic E-state index is 0.242. The average Bonchev–Trinajstić information content (AvgIpc) is 2.22.